The second kappa shape index (κ2) is 3.65. The van der Waals surface area contributed by atoms with E-state index in [1.165, 1.54) is 0 Å². The lowest BCUT2D eigenvalue weighted by atomic mass is 10.0. The van der Waals surface area contributed by atoms with Gasteiger partial charge in [0.2, 0.25) is 0 Å². The number of nitrogens with zero attached hydrogens (tertiary/aromatic N) is 1. The van der Waals surface area contributed by atoms with Gasteiger partial charge in [-0.3, -0.25) is 5.10 Å². The van der Waals surface area contributed by atoms with Gasteiger partial charge in [0.05, 0.1) is 6.20 Å². The first-order valence-corrected chi connectivity index (χ1v) is 4.83. The number of aromatic hydroxyl groups is 1. The zero-order valence-electron chi connectivity index (χ0n) is 8.49. The van der Waals surface area contributed by atoms with Crippen LogP contribution in [0.3, 0.4) is 0 Å². The van der Waals surface area contributed by atoms with E-state index in [1.54, 1.807) is 12.3 Å². The molecule has 15 heavy (non-hydrogen) atoms. The second-order valence-corrected chi connectivity index (χ2v) is 3.40. The highest BCUT2D eigenvalue weighted by atomic mass is 16.3. The highest BCUT2D eigenvalue weighted by Crippen LogP contribution is 2.32. The zero-order chi connectivity index (χ0) is 10.8. The van der Waals surface area contributed by atoms with Gasteiger partial charge in [0, 0.05) is 11.1 Å². The van der Waals surface area contributed by atoms with Crippen LogP contribution in [0.2, 0.25) is 0 Å². The number of aryl methyl sites for hydroxylation is 1. The van der Waals surface area contributed by atoms with Gasteiger partial charge in [0.1, 0.15) is 11.6 Å². The first kappa shape index (κ1) is 9.58. The monoisotopic (exact) mass is 203 g/mol. The molecule has 4 heteroatoms. The van der Waals surface area contributed by atoms with Crippen molar-refractivity contribution < 1.29 is 5.11 Å². The molecule has 4 nitrogen and oxygen atoms in total. The van der Waals surface area contributed by atoms with Crippen molar-refractivity contribution in [1.82, 2.24) is 10.2 Å². The normalized spacial score (nSPS) is 10.5. The lowest BCUT2D eigenvalue weighted by Gasteiger charge is -2.05. The Hall–Kier alpha value is -1.97. The van der Waals surface area contributed by atoms with Crippen LogP contribution in [0.5, 0.6) is 5.75 Å². The largest absolute Gasteiger partial charge is 0.507 e. The molecule has 1 heterocycles. The van der Waals surface area contributed by atoms with Gasteiger partial charge >= 0.3 is 0 Å². The smallest absolute Gasteiger partial charge is 0.126 e. The average Bonchev–Trinajstić information content (AvgIpc) is 2.65. The summed E-state index contributed by atoms with van der Waals surface area (Å²) in [5.41, 5.74) is 8.32. The van der Waals surface area contributed by atoms with Crippen LogP contribution in [0.4, 0.5) is 5.82 Å². The number of aromatic nitrogens is 2. The molecule has 0 radical (unpaired) electrons. The van der Waals surface area contributed by atoms with Crippen LogP contribution in [0.25, 0.3) is 11.1 Å². The number of phenols is 1. The predicted octanol–water partition coefficient (Wildman–Crippen LogP) is 1.93. The van der Waals surface area contributed by atoms with Crippen LogP contribution in [0.15, 0.2) is 24.4 Å². The highest BCUT2D eigenvalue weighted by Gasteiger charge is 2.09. The summed E-state index contributed by atoms with van der Waals surface area (Å²) < 4.78 is 0. The maximum Gasteiger partial charge on any atom is 0.126 e. The van der Waals surface area contributed by atoms with E-state index in [-0.39, 0.29) is 5.75 Å². The number of H-pyrrole nitrogens is 1. The van der Waals surface area contributed by atoms with Crippen molar-refractivity contribution in [2.75, 3.05) is 5.73 Å². The van der Waals surface area contributed by atoms with Gasteiger partial charge in [-0.1, -0.05) is 13.0 Å². The predicted molar refractivity (Wildman–Crippen MR) is 59.5 cm³/mol. The number of nitrogen functional groups attached to an aromatic ring is 1. The number of phenolic OH excluding ortho intramolecular Hbond substituents is 1. The van der Waals surface area contributed by atoms with E-state index in [0.717, 1.165) is 23.1 Å². The van der Waals surface area contributed by atoms with Gasteiger partial charge in [-0.05, 0) is 24.1 Å². The van der Waals surface area contributed by atoms with Crippen LogP contribution in [0, 0.1) is 0 Å². The van der Waals surface area contributed by atoms with E-state index in [9.17, 15) is 5.11 Å². The third-order valence-corrected chi connectivity index (χ3v) is 2.43. The van der Waals surface area contributed by atoms with Crippen LogP contribution >= 0.6 is 0 Å². The van der Waals surface area contributed by atoms with E-state index in [1.807, 2.05) is 12.1 Å². The molecule has 78 valence electrons. The maximum atomic E-state index is 9.73. The number of hydrogen-bond donors (Lipinski definition) is 3. The summed E-state index contributed by atoms with van der Waals surface area (Å²) in [5, 5.41) is 16.2. The second-order valence-electron chi connectivity index (χ2n) is 3.40. The number of rotatable bonds is 2. The topological polar surface area (TPSA) is 74.9 Å². The number of benzene rings is 1. The number of anilines is 1. The standard InChI is InChI=1S/C11H13N3O/c1-2-7-3-4-10(15)8(5-7)9-6-13-14-11(9)12/h3-6,15H,2H2,1H3,(H3,12,13,14). The molecule has 0 fully saturated rings. The minimum Gasteiger partial charge on any atom is -0.507 e. The summed E-state index contributed by atoms with van der Waals surface area (Å²) in [6.45, 7) is 2.06. The Morgan fingerprint density at radius 3 is 2.80 bits per heavy atom. The molecular weight excluding hydrogens is 190 g/mol. The van der Waals surface area contributed by atoms with Crippen LogP contribution in [-0.4, -0.2) is 15.3 Å². The first-order valence-electron chi connectivity index (χ1n) is 4.83. The van der Waals surface area contributed by atoms with E-state index in [4.69, 9.17) is 5.73 Å². The lowest BCUT2D eigenvalue weighted by molar-refractivity contribution is 0.477. The van der Waals surface area contributed by atoms with Crippen molar-refractivity contribution in [2.45, 2.75) is 13.3 Å². The summed E-state index contributed by atoms with van der Waals surface area (Å²) >= 11 is 0. The molecule has 0 atom stereocenters. The van der Waals surface area contributed by atoms with Gasteiger partial charge < -0.3 is 10.8 Å². The first-order chi connectivity index (χ1) is 7.22. The molecule has 0 saturated heterocycles. The third-order valence-electron chi connectivity index (χ3n) is 2.43. The van der Waals surface area contributed by atoms with Crippen LogP contribution < -0.4 is 5.73 Å². The zero-order valence-corrected chi connectivity index (χ0v) is 8.49. The fraction of sp³-hybridized carbons (Fsp3) is 0.182. The minimum absolute atomic E-state index is 0.223. The average molecular weight is 203 g/mol. The Labute approximate surface area is 87.7 Å². The molecule has 1 aromatic carbocycles. The van der Waals surface area contributed by atoms with Gasteiger partial charge in [-0.25, -0.2) is 0 Å². The Morgan fingerprint density at radius 1 is 1.40 bits per heavy atom. The van der Waals surface area contributed by atoms with E-state index < -0.39 is 0 Å². The molecule has 0 aliphatic carbocycles. The molecule has 2 aromatic rings. The van der Waals surface area contributed by atoms with Gasteiger partial charge in [-0.15, -0.1) is 0 Å². The molecule has 0 aliphatic rings. The summed E-state index contributed by atoms with van der Waals surface area (Å²) in [4.78, 5) is 0. The van der Waals surface area contributed by atoms with Crippen molar-refractivity contribution in [1.29, 1.82) is 0 Å². The molecule has 4 N–H and O–H groups in total. The molecule has 0 bridgehead atoms. The summed E-state index contributed by atoms with van der Waals surface area (Å²) in [6, 6.07) is 5.51. The molecule has 0 aliphatic heterocycles. The maximum absolute atomic E-state index is 9.73. The Balaban J connectivity index is 2.56. The summed E-state index contributed by atoms with van der Waals surface area (Å²) in [5.74, 6) is 0.693. The van der Waals surface area contributed by atoms with E-state index in [2.05, 4.69) is 17.1 Å². The van der Waals surface area contributed by atoms with Crippen molar-refractivity contribution >= 4 is 5.82 Å². The fourth-order valence-corrected chi connectivity index (χ4v) is 1.53. The molecule has 0 unspecified atom stereocenters. The molecular formula is C11H13N3O. The third kappa shape index (κ3) is 1.66. The number of nitrogens with one attached hydrogen (secondary N) is 1. The van der Waals surface area contributed by atoms with Crippen molar-refractivity contribution in [2.24, 2.45) is 0 Å². The fourth-order valence-electron chi connectivity index (χ4n) is 1.53. The molecule has 2 rings (SSSR count). The van der Waals surface area contributed by atoms with Gasteiger partial charge in [0.25, 0.3) is 0 Å². The molecule has 0 spiro atoms. The van der Waals surface area contributed by atoms with E-state index in [0.29, 0.717) is 5.82 Å². The van der Waals surface area contributed by atoms with Crippen LogP contribution in [-0.2, 0) is 6.42 Å². The number of hydrogen-bond acceptors (Lipinski definition) is 3. The van der Waals surface area contributed by atoms with Crippen LogP contribution in [0.1, 0.15) is 12.5 Å². The van der Waals surface area contributed by atoms with Gasteiger partial charge in [-0.2, -0.15) is 5.10 Å². The Kier molecular flexibility index (Phi) is 2.33. The van der Waals surface area contributed by atoms with Gasteiger partial charge in [0.15, 0.2) is 0 Å². The Bertz CT molecular complexity index is 476. The SMILES string of the molecule is CCc1ccc(O)c(-c2cn[nH]c2N)c1. The Morgan fingerprint density at radius 2 is 2.20 bits per heavy atom. The highest BCUT2D eigenvalue weighted by molar-refractivity contribution is 5.78. The van der Waals surface area contributed by atoms with Crippen molar-refractivity contribution in [3.63, 3.8) is 0 Å². The summed E-state index contributed by atoms with van der Waals surface area (Å²) in [7, 11) is 0. The minimum atomic E-state index is 0.223. The quantitative estimate of drug-likeness (QED) is 0.698. The lowest BCUT2D eigenvalue weighted by Crippen LogP contribution is -1.89. The molecule has 1 aromatic heterocycles. The van der Waals surface area contributed by atoms with Crippen molar-refractivity contribution in [3.05, 3.63) is 30.0 Å². The van der Waals surface area contributed by atoms with E-state index >= 15 is 0 Å². The number of aromatic amines is 1. The molecule has 0 amide bonds. The van der Waals surface area contributed by atoms with Crippen molar-refractivity contribution in [3.8, 4) is 16.9 Å². The molecule has 0 saturated carbocycles. The number of nitrogens with two attached hydrogens (primary N) is 1. The summed E-state index contributed by atoms with van der Waals surface area (Å²) in [6.07, 6.45) is 2.54.